The molecule has 1 saturated heterocycles. The van der Waals surface area contributed by atoms with Gasteiger partial charge in [-0.05, 0) is 49.7 Å². The number of nitriles is 1. The van der Waals surface area contributed by atoms with Crippen LogP contribution in [0, 0.1) is 11.3 Å². The fourth-order valence-corrected chi connectivity index (χ4v) is 3.97. The van der Waals surface area contributed by atoms with Gasteiger partial charge in [0.05, 0.1) is 11.8 Å². The van der Waals surface area contributed by atoms with Crippen molar-refractivity contribution in [2.24, 2.45) is 0 Å². The van der Waals surface area contributed by atoms with Crippen LogP contribution < -0.4 is 10.9 Å². The third kappa shape index (κ3) is 5.05. The average Bonchev–Trinajstić information content (AvgIpc) is 3.27. The lowest BCUT2D eigenvalue weighted by atomic mass is 10.00. The maximum atomic E-state index is 12.9. The van der Waals surface area contributed by atoms with Crippen LogP contribution in [0.15, 0.2) is 59.2 Å². The number of hydrogen-bond donors (Lipinski definition) is 3. The Balaban J connectivity index is 1.53. The number of carbonyl (C=O) groups excluding carboxylic acids is 2. The first kappa shape index (κ1) is 22.1. The number of aromatic hydroxyl groups is 1. The first-order valence-electron chi connectivity index (χ1n) is 10.8. The summed E-state index contributed by atoms with van der Waals surface area (Å²) in [6.45, 7) is 2.69. The first-order valence-corrected chi connectivity index (χ1v) is 10.8. The van der Waals surface area contributed by atoms with E-state index < -0.39 is 11.8 Å². The number of rotatable bonds is 5. The van der Waals surface area contributed by atoms with Gasteiger partial charge in [0.25, 0.3) is 5.91 Å². The van der Waals surface area contributed by atoms with Crippen LogP contribution in [-0.2, 0) is 6.54 Å². The molecule has 2 amide bonds. The summed E-state index contributed by atoms with van der Waals surface area (Å²) in [5, 5.41) is 18.6. The number of hydrazine groups is 1. The number of nitrogens with one attached hydrogen (secondary N) is 2. The van der Waals surface area contributed by atoms with Gasteiger partial charge in [-0.1, -0.05) is 36.8 Å². The Bertz CT molecular complexity index is 1190. The number of benzene rings is 2. The maximum absolute atomic E-state index is 12.9. The predicted molar refractivity (Wildman–Crippen MR) is 121 cm³/mol. The van der Waals surface area contributed by atoms with E-state index in [0.29, 0.717) is 12.1 Å². The van der Waals surface area contributed by atoms with E-state index in [9.17, 15) is 14.7 Å². The molecule has 0 saturated carbocycles. The van der Waals surface area contributed by atoms with Crippen molar-refractivity contribution in [2.45, 2.75) is 25.8 Å². The molecule has 1 aliphatic heterocycles. The van der Waals surface area contributed by atoms with E-state index >= 15 is 0 Å². The van der Waals surface area contributed by atoms with Crippen LogP contribution in [0.4, 0.5) is 0 Å². The number of hydrogen-bond acceptors (Lipinski definition) is 6. The summed E-state index contributed by atoms with van der Waals surface area (Å²) in [5.74, 6) is -1.33. The van der Waals surface area contributed by atoms with Crippen LogP contribution in [-0.4, -0.2) is 34.9 Å². The number of phenols is 1. The molecule has 0 unspecified atom stereocenters. The third-order valence-electron chi connectivity index (χ3n) is 5.65. The highest BCUT2D eigenvalue weighted by Crippen LogP contribution is 2.31. The summed E-state index contributed by atoms with van der Waals surface area (Å²) >= 11 is 0. The Morgan fingerprint density at radius 3 is 2.48 bits per heavy atom. The molecule has 0 radical (unpaired) electrons. The summed E-state index contributed by atoms with van der Waals surface area (Å²) < 4.78 is 5.68. The van der Waals surface area contributed by atoms with Gasteiger partial charge in [0, 0.05) is 23.2 Å². The summed E-state index contributed by atoms with van der Waals surface area (Å²) in [6, 6.07) is 15.2. The molecule has 0 spiro atoms. The van der Waals surface area contributed by atoms with Crippen LogP contribution in [0.1, 0.15) is 51.3 Å². The second kappa shape index (κ2) is 10.0. The standard InChI is InChI=1S/C25H24N4O4/c26-14-19-13-18(9-10-21(19)30)24(31)27-28-25(32)23-22(17-7-3-1-4-8-17)20(16-33-23)15-29-11-5-2-6-12-29/h1,3-4,7-10,13,16,30H,2,5-6,11-12,15H2,(H,27,31)(H,28,32). The molecule has 168 valence electrons. The minimum absolute atomic E-state index is 0.0336. The Labute approximate surface area is 191 Å². The second-order valence-corrected chi connectivity index (χ2v) is 7.92. The Hall–Kier alpha value is -4.09. The van der Waals surface area contributed by atoms with Gasteiger partial charge >= 0.3 is 5.91 Å². The largest absolute Gasteiger partial charge is 0.507 e. The van der Waals surface area contributed by atoms with Crippen molar-refractivity contribution in [1.82, 2.24) is 15.8 Å². The topological polar surface area (TPSA) is 119 Å². The van der Waals surface area contributed by atoms with E-state index in [0.717, 1.165) is 37.1 Å². The van der Waals surface area contributed by atoms with E-state index in [1.807, 2.05) is 30.3 Å². The molecule has 3 N–H and O–H groups in total. The highest BCUT2D eigenvalue weighted by molar-refractivity contribution is 6.01. The molecule has 1 fully saturated rings. The number of carbonyl (C=O) groups is 2. The van der Waals surface area contributed by atoms with Gasteiger partial charge in [-0.2, -0.15) is 5.26 Å². The van der Waals surface area contributed by atoms with E-state index in [2.05, 4.69) is 15.8 Å². The van der Waals surface area contributed by atoms with E-state index in [4.69, 9.17) is 9.68 Å². The van der Waals surface area contributed by atoms with Crippen LogP contribution >= 0.6 is 0 Å². The van der Waals surface area contributed by atoms with Crippen LogP contribution in [0.2, 0.25) is 0 Å². The van der Waals surface area contributed by atoms with E-state index in [-0.39, 0.29) is 22.6 Å². The predicted octanol–water partition coefficient (Wildman–Crippen LogP) is 3.58. The molecule has 8 heteroatoms. The lowest BCUT2D eigenvalue weighted by Gasteiger charge is -2.26. The number of likely N-dealkylation sites (tertiary alicyclic amines) is 1. The van der Waals surface area contributed by atoms with Crippen molar-refractivity contribution in [2.75, 3.05) is 13.1 Å². The number of nitrogens with zero attached hydrogens (tertiary/aromatic N) is 2. The molecular weight excluding hydrogens is 420 g/mol. The first-order chi connectivity index (χ1) is 16.1. The molecule has 0 bridgehead atoms. The second-order valence-electron chi connectivity index (χ2n) is 7.92. The van der Waals surface area contributed by atoms with Gasteiger partial charge < -0.3 is 9.52 Å². The summed E-state index contributed by atoms with van der Waals surface area (Å²) in [6.07, 6.45) is 5.15. The van der Waals surface area contributed by atoms with Gasteiger partial charge in [0.15, 0.2) is 0 Å². The highest BCUT2D eigenvalue weighted by Gasteiger charge is 2.24. The minimum Gasteiger partial charge on any atom is -0.507 e. The Morgan fingerprint density at radius 1 is 1.03 bits per heavy atom. The lowest BCUT2D eigenvalue weighted by molar-refractivity contribution is 0.0831. The molecule has 2 heterocycles. The summed E-state index contributed by atoms with van der Waals surface area (Å²) in [5.41, 5.74) is 7.28. The Kier molecular flexibility index (Phi) is 6.72. The van der Waals surface area contributed by atoms with E-state index in [1.54, 1.807) is 12.3 Å². The van der Waals surface area contributed by atoms with Crippen molar-refractivity contribution in [1.29, 1.82) is 5.26 Å². The summed E-state index contributed by atoms with van der Waals surface area (Å²) in [4.78, 5) is 27.7. The third-order valence-corrected chi connectivity index (χ3v) is 5.65. The van der Waals surface area contributed by atoms with Crippen LogP contribution in [0.3, 0.4) is 0 Å². The van der Waals surface area contributed by atoms with Gasteiger partial charge in [-0.15, -0.1) is 0 Å². The summed E-state index contributed by atoms with van der Waals surface area (Å²) in [7, 11) is 0. The molecule has 3 aromatic rings. The minimum atomic E-state index is -0.624. The molecule has 1 aromatic heterocycles. The SMILES string of the molecule is N#Cc1cc(C(=O)NNC(=O)c2occ(CN3CCCCC3)c2-c2ccccc2)ccc1O. The zero-order chi connectivity index (χ0) is 23.2. The molecule has 1 aliphatic rings. The van der Waals surface area contributed by atoms with Crippen molar-refractivity contribution in [3.63, 3.8) is 0 Å². The average molecular weight is 444 g/mol. The zero-order valence-corrected chi connectivity index (χ0v) is 18.0. The molecule has 8 nitrogen and oxygen atoms in total. The van der Waals surface area contributed by atoms with Gasteiger partial charge in [0.2, 0.25) is 5.76 Å². The molecule has 33 heavy (non-hydrogen) atoms. The Morgan fingerprint density at radius 2 is 1.76 bits per heavy atom. The number of furan rings is 1. The molecule has 4 rings (SSSR count). The van der Waals surface area contributed by atoms with Gasteiger partial charge in [0.1, 0.15) is 11.8 Å². The van der Waals surface area contributed by atoms with Gasteiger partial charge in [-0.25, -0.2) is 0 Å². The van der Waals surface area contributed by atoms with Crippen molar-refractivity contribution in [3.8, 4) is 22.9 Å². The molecule has 2 aromatic carbocycles. The molecular formula is C25H24N4O4. The smallest absolute Gasteiger partial charge is 0.306 e. The van der Waals surface area contributed by atoms with Crippen LogP contribution in [0.25, 0.3) is 11.1 Å². The van der Waals surface area contributed by atoms with Crippen molar-refractivity contribution >= 4 is 11.8 Å². The number of piperidine rings is 1. The fourth-order valence-electron chi connectivity index (χ4n) is 3.97. The quantitative estimate of drug-likeness (QED) is 0.518. The number of phenolic OH excluding ortho intramolecular Hbond substituents is 1. The van der Waals surface area contributed by atoms with Crippen molar-refractivity contribution in [3.05, 3.63) is 77.2 Å². The van der Waals surface area contributed by atoms with Crippen molar-refractivity contribution < 1.29 is 19.1 Å². The zero-order valence-electron chi connectivity index (χ0n) is 18.0. The monoisotopic (exact) mass is 444 g/mol. The number of amides is 2. The normalized spacial score (nSPS) is 13.8. The molecule has 0 atom stereocenters. The molecule has 0 aliphatic carbocycles. The van der Waals surface area contributed by atoms with Gasteiger partial charge in [-0.3, -0.25) is 25.3 Å². The highest BCUT2D eigenvalue weighted by atomic mass is 16.3. The maximum Gasteiger partial charge on any atom is 0.306 e. The lowest BCUT2D eigenvalue weighted by Crippen LogP contribution is -2.41. The fraction of sp³-hybridized carbons (Fsp3) is 0.240. The van der Waals surface area contributed by atoms with E-state index in [1.165, 1.54) is 24.6 Å². The van der Waals surface area contributed by atoms with Crippen LogP contribution in [0.5, 0.6) is 5.75 Å².